The second-order valence-electron chi connectivity index (χ2n) is 4.25. The van der Waals surface area contributed by atoms with E-state index >= 15 is 0 Å². The monoisotopic (exact) mass is 287 g/mol. The fourth-order valence-corrected chi connectivity index (χ4v) is 2.16. The summed E-state index contributed by atoms with van der Waals surface area (Å²) in [5.74, 6) is -0.0817. The van der Waals surface area contributed by atoms with Crippen LogP contribution in [-0.4, -0.2) is 25.6 Å². The molecule has 0 heterocycles. The molecule has 0 aliphatic carbocycles. The normalized spacial score (nSPS) is 13.2. The molecule has 1 atom stereocenters. The number of rotatable bonds is 7. The minimum absolute atomic E-state index is 0.0377. The lowest BCUT2D eigenvalue weighted by Crippen LogP contribution is -2.24. The number of nitrogens with one attached hydrogen (secondary N) is 1. The molecule has 0 aliphatic rings. The van der Waals surface area contributed by atoms with Crippen LogP contribution in [0.4, 0.5) is 5.69 Å². The van der Waals surface area contributed by atoms with E-state index in [1.54, 1.807) is 12.1 Å². The van der Waals surface area contributed by atoms with Crippen LogP contribution in [0.3, 0.4) is 0 Å². The van der Waals surface area contributed by atoms with Gasteiger partial charge in [-0.3, -0.25) is 10.1 Å². The van der Waals surface area contributed by atoms with Gasteiger partial charge in [0.2, 0.25) is 10.0 Å². The number of nitrogens with zero attached hydrogens (tertiary/aromatic N) is 1. The first kappa shape index (κ1) is 15.5. The summed E-state index contributed by atoms with van der Waals surface area (Å²) in [6.45, 7) is 2.33. The van der Waals surface area contributed by atoms with Crippen molar-refractivity contribution in [2.45, 2.75) is 19.4 Å². The standard InChI is InChI=1S/C11H17N3O4S/c1-9(13-6-3-7-19(12,17)18)10-4-2-5-11(8-10)14(15)16/h2,4-5,8-9,13H,3,6-7H2,1H3,(H2,12,17,18). The van der Waals surface area contributed by atoms with Crippen molar-refractivity contribution in [2.24, 2.45) is 5.14 Å². The molecular formula is C11H17N3O4S. The van der Waals surface area contributed by atoms with Crippen molar-refractivity contribution in [3.63, 3.8) is 0 Å². The minimum Gasteiger partial charge on any atom is -0.310 e. The van der Waals surface area contributed by atoms with Gasteiger partial charge in [0.25, 0.3) is 5.69 Å². The molecule has 19 heavy (non-hydrogen) atoms. The highest BCUT2D eigenvalue weighted by molar-refractivity contribution is 7.89. The van der Waals surface area contributed by atoms with Crippen LogP contribution in [-0.2, 0) is 10.0 Å². The number of benzene rings is 1. The Morgan fingerprint density at radius 3 is 2.74 bits per heavy atom. The summed E-state index contributed by atoms with van der Waals surface area (Å²) in [5.41, 5.74) is 0.820. The van der Waals surface area contributed by atoms with Crippen LogP contribution < -0.4 is 10.5 Å². The van der Waals surface area contributed by atoms with E-state index in [0.29, 0.717) is 13.0 Å². The maximum absolute atomic E-state index is 10.7. The maximum atomic E-state index is 10.7. The predicted molar refractivity (Wildman–Crippen MR) is 72.1 cm³/mol. The van der Waals surface area contributed by atoms with Gasteiger partial charge in [-0.05, 0) is 25.5 Å². The van der Waals surface area contributed by atoms with Crippen molar-refractivity contribution in [3.05, 3.63) is 39.9 Å². The molecule has 0 spiro atoms. The first-order valence-electron chi connectivity index (χ1n) is 5.78. The zero-order chi connectivity index (χ0) is 14.5. The van der Waals surface area contributed by atoms with E-state index in [9.17, 15) is 18.5 Å². The van der Waals surface area contributed by atoms with Crippen molar-refractivity contribution in [1.82, 2.24) is 5.32 Å². The SMILES string of the molecule is CC(NCCCS(N)(=O)=O)c1cccc([N+](=O)[O-])c1. The first-order valence-corrected chi connectivity index (χ1v) is 7.49. The van der Waals surface area contributed by atoms with Gasteiger partial charge in [-0.2, -0.15) is 0 Å². The van der Waals surface area contributed by atoms with Gasteiger partial charge in [0, 0.05) is 18.2 Å². The lowest BCUT2D eigenvalue weighted by atomic mass is 10.1. The molecule has 0 bridgehead atoms. The second kappa shape index (κ2) is 6.60. The largest absolute Gasteiger partial charge is 0.310 e. The molecule has 8 heteroatoms. The average Bonchev–Trinajstić information content (AvgIpc) is 2.33. The number of nitrogens with two attached hydrogens (primary N) is 1. The highest BCUT2D eigenvalue weighted by Gasteiger charge is 2.10. The topological polar surface area (TPSA) is 115 Å². The van der Waals surface area contributed by atoms with Crippen LogP contribution in [0.5, 0.6) is 0 Å². The van der Waals surface area contributed by atoms with Crippen molar-refractivity contribution in [3.8, 4) is 0 Å². The smallest absolute Gasteiger partial charge is 0.269 e. The molecule has 0 amide bonds. The van der Waals surface area contributed by atoms with Crippen LogP contribution in [0, 0.1) is 10.1 Å². The zero-order valence-electron chi connectivity index (χ0n) is 10.6. The van der Waals surface area contributed by atoms with E-state index in [1.807, 2.05) is 6.92 Å². The van der Waals surface area contributed by atoms with E-state index in [1.165, 1.54) is 12.1 Å². The van der Waals surface area contributed by atoms with E-state index in [-0.39, 0.29) is 17.5 Å². The molecule has 1 aromatic rings. The minimum atomic E-state index is -3.43. The molecule has 0 fully saturated rings. The van der Waals surface area contributed by atoms with E-state index in [4.69, 9.17) is 5.14 Å². The molecule has 1 rings (SSSR count). The first-order chi connectivity index (χ1) is 8.79. The molecule has 0 radical (unpaired) electrons. The predicted octanol–water partition coefficient (Wildman–Crippen LogP) is 0.924. The molecule has 106 valence electrons. The number of primary sulfonamides is 1. The summed E-state index contributed by atoms with van der Waals surface area (Å²) >= 11 is 0. The summed E-state index contributed by atoms with van der Waals surface area (Å²) in [6.07, 6.45) is 0.401. The van der Waals surface area contributed by atoms with Gasteiger partial charge >= 0.3 is 0 Å². The Hall–Kier alpha value is -1.51. The molecule has 7 nitrogen and oxygen atoms in total. The fraction of sp³-hybridized carbons (Fsp3) is 0.455. The van der Waals surface area contributed by atoms with Crippen LogP contribution in [0.2, 0.25) is 0 Å². The molecular weight excluding hydrogens is 270 g/mol. The van der Waals surface area contributed by atoms with Crippen LogP contribution in [0.1, 0.15) is 24.9 Å². The van der Waals surface area contributed by atoms with Crippen molar-refractivity contribution < 1.29 is 13.3 Å². The zero-order valence-corrected chi connectivity index (χ0v) is 11.4. The van der Waals surface area contributed by atoms with Crippen LogP contribution in [0.15, 0.2) is 24.3 Å². The number of hydrogen-bond donors (Lipinski definition) is 2. The second-order valence-corrected chi connectivity index (χ2v) is 5.98. The molecule has 1 unspecified atom stereocenters. The summed E-state index contributed by atoms with van der Waals surface area (Å²) in [5, 5.41) is 18.6. The van der Waals surface area contributed by atoms with E-state index in [0.717, 1.165) is 5.56 Å². The molecule has 0 saturated heterocycles. The molecule has 3 N–H and O–H groups in total. The lowest BCUT2D eigenvalue weighted by molar-refractivity contribution is -0.384. The summed E-state index contributed by atoms with van der Waals surface area (Å²) in [4.78, 5) is 10.2. The van der Waals surface area contributed by atoms with Crippen LogP contribution >= 0.6 is 0 Å². The van der Waals surface area contributed by atoms with Crippen LogP contribution in [0.25, 0.3) is 0 Å². The van der Waals surface area contributed by atoms with Gasteiger partial charge in [0.15, 0.2) is 0 Å². The highest BCUT2D eigenvalue weighted by atomic mass is 32.2. The Labute approximate surface area is 112 Å². The molecule has 0 aliphatic heterocycles. The highest BCUT2D eigenvalue weighted by Crippen LogP contribution is 2.18. The van der Waals surface area contributed by atoms with Gasteiger partial charge in [-0.15, -0.1) is 0 Å². The Morgan fingerprint density at radius 1 is 1.47 bits per heavy atom. The van der Waals surface area contributed by atoms with Gasteiger partial charge < -0.3 is 5.32 Å². The Kier molecular flexibility index (Phi) is 5.40. The lowest BCUT2D eigenvalue weighted by Gasteiger charge is -2.13. The number of nitro groups is 1. The molecule has 1 aromatic carbocycles. The number of nitro benzene ring substituents is 1. The number of hydrogen-bond acceptors (Lipinski definition) is 5. The van der Waals surface area contributed by atoms with Gasteiger partial charge in [0.05, 0.1) is 10.7 Å². The third-order valence-electron chi connectivity index (χ3n) is 2.64. The summed E-state index contributed by atoms with van der Waals surface area (Å²) in [7, 11) is -3.43. The third kappa shape index (κ3) is 5.77. The van der Waals surface area contributed by atoms with Gasteiger partial charge in [0.1, 0.15) is 0 Å². The quantitative estimate of drug-likeness (QED) is 0.439. The Bertz CT molecular complexity index is 545. The summed E-state index contributed by atoms with van der Waals surface area (Å²) < 4.78 is 21.5. The number of sulfonamides is 1. The van der Waals surface area contributed by atoms with E-state index in [2.05, 4.69) is 5.32 Å². The van der Waals surface area contributed by atoms with Crippen molar-refractivity contribution >= 4 is 15.7 Å². The number of non-ortho nitro benzene ring substituents is 1. The summed E-state index contributed by atoms with van der Waals surface area (Å²) in [6, 6.07) is 6.23. The third-order valence-corrected chi connectivity index (χ3v) is 3.49. The van der Waals surface area contributed by atoms with Crippen molar-refractivity contribution in [2.75, 3.05) is 12.3 Å². The van der Waals surface area contributed by atoms with Gasteiger partial charge in [-0.1, -0.05) is 12.1 Å². The fourth-order valence-electron chi connectivity index (χ4n) is 1.62. The van der Waals surface area contributed by atoms with E-state index < -0.39 is 14.9 Å². The Morgan fingerprint density at radius 2 is 2.16 bits per heavy atom. The molecule has 0 saturated carbocycles. The Balaban J connectivity index is 2.52. The molecule has 0 aromatic heterocycles. The van der Waals surface area contributed by atoms with Crippen molar-refractivity contribution in [1.29, 1.82) is 0 Å². The average molecular weight is 287 g/mol. The van der Waals surface area contributed by atoms with Gasteiger partial charge in [-0.25, -0.2) is 13.6 Å². The maximum Gasteiger partial charge on any atom is 0.269 e.